The van der Waals surface area contributed by atoms with E-state index in [0.717, 1.165) is 5.56 Å². The van der Waals surface area contributed by atoms with Gasteiger partial charge in [0.1, 0.15) is 0 Å². The lowest BCUT2D eigenvalue weighted by atomic mass is 10.1. The third-order valence-electron chi connectivity index (χ3n) is 2.11. The standard InChI is InChI=1S/C14H15NO3/c1-2-18-13(16)6-4-3-5-11-7-9-12(10-8-11)14(15)17/h3-10H,2H2,1H3,(H2,15,17)/b5-3+,6-4+. The van der Waals surface area contributed by atoms with Crippen LogP contribution in [-0.2, 0) is 9.53 Å². The van der Waals surface area contributed by atoms with Crippen LogP contribution in [0, 0.1) is 0 Å². The van der Waals surface area contributed by atoms with Crippen molar-refractivity contribution in [1.29, 1.82) is 0 Å². The maximum atomic E-state index is 11.0. The molecule has 0 heterocycles. The smallest absolute Gasteiger partial charge is 0.330 e. The number of benzene rings is 1. The highest BCUT2D eigenvalue weighted by atomic mass is 16.5. The highest BCUT2D eigenvalue weighted by molar-refractivity contribution is 5.92. The van der Waals surface area contributed by atoms with Crippen LogP contribution < -0.4 is 5.73 Å². The number of carbonyl (C=O) groups excluding carboxylic acids is 2. The first kappa shape index (κ1) is 13.7. The van der Waals surface area contributed by atoms with Gasteiger partial charge in [-0.2, -0.15) is 0 Å². The summed E-state index contributed by atoms with van der Waals surface area (Å²) in [6.07, 6.45) is 6.47. The van der Waals surface area contributed by atoms with Crippen LogP contribution in [0.25, 0.3) is 6.08 Å². The molecule has 0 radical (unpaired) electrons. The number of primary amides is 1. The quantitative estimate of drug-likeness (QED) is 0.489. The Bertz CT molecular complexity index is 472. The molecule has 1 amide bonds. The number of hydrogen-bond acceptors (Lipinski definition) is 3. The van der Waals surface area contributed by atoms with E-state index in [2.05, 4.69) is 0 Å². The lowest BCUT2D eigenvalue weighted by Gasteiger charge is -1.96. The van der Waals surface area contributed by atoms with Crippen LogP contribution in [0.2, 0.25) is 0 Å². The normalized spacial score (nSPS) is 10.9. The molecule has 0 aliphatic rings. The van der Waals surface area contributed by atoms with Crippen LogP contribution in [-0.4, -0.2) is 18.5 Å². The van der Waals surface area contributed by atoms with E-state index in [1.54, 1.807) is 49.4 Å². The maximum absolute atomic E-state index is 11.0. The van der Waals surface area contributed by atoms with Crippen molar-refractivity contribution >= 4 is 18.0 Å². The van der Waals surface area contributed by atoms with Crippen molar-refractivity contribution in [1.82, 2.24) is 0 Å². The molecule has 1 aromatic carbocycles. The Kier molecular flexibility index (Phi) is 5.38. The minimum Gasteiger partial charge on any atom is -0.463 e. The fourth-order valence-electron chi connectivity index (χ4n) is 1.25. The summed E-state index contributed by atoms with van der Waals surface area (Å²) in [5.74, 6) is -0.820. The van der Waals surface area contributed by atoms with Crippen molar-refractivity contribution in [3.05, 3.63) is 53.6 Å². The maximum Gasteiger partial charge on any atom is 0.330 e. The van der Waals surface area contributed by atoms with Gasteiger partial charge in [-0.1, -0.05) is 30.4 Å². The number of nitrogens with two attached hydrogens (primary N) is 1. The van der Waals surface area contributed by atoms with Gasteiger partial charge in [-0.15, -0.1) is 0 Å². The summed E-state index contributed by atoms with van der Waals surface area (Å²) in [5.41, 5.74) is 6.51. The van der Waals surface area contributed by atoms with Crippen molar-refractivity contribution in [3.8, 4) is 0 Å². The molecule has 0 saturated carbocycles. The zero-order valence-electron chi connectivity index (χ0n) is 10.1. The van der Waals surface area contributed by atoms with Gasteiger partial charge < -0.3 is 10.5 Å². The molecule has 1 aromatic rings. The number of allylic oxidation sites excluding steroid dienone is 2. The zero-order chi connectivity index (χ0) is 13.4. The van der Waals surface area contributed by atoms with Gasteiger partial charge in [-0.05, 0) is 24.6 Å². The lowest BCUT2D eigenvalue weighted by Crippen LogP contribution is -2.10. The molecule has 94 valence electrons. The molecule has 0 bridgehead atoms. The topological polar surface area (TPSA) is 69.4 Å². The Morgan fingerprint density at radius 1 is 1.22 bits per heavy atom. The van der Waals surface area contributed by atoms with Crippen LogP contribution in [0.3, 0.4) is 0 Å². The second-order valence-corrected chi connectivity index (χ2v) is 3.46. The minimum absolute atomic E-state index is 0.363. The number of rotatable bonds is 5. The van der Waals surface area contributed by atoms with E-state index >= 15 is 0 Å². The van der Waals surface area contributed by atoms with Crippen molar-refractivity contribution in [2.24, 2.45) is 5.73 Å². The SMILES string of the molecule is CCOC(=O)/C=C/C=C/c1ccc(C(N)=O)cc1. The predicted octanol–water partition coefficient (Wildman–Crippen LogP) is 1.92. The van der Waals surface area contributed by atoms with Gasteiger partial charge in [-0.3, -0.25) is 4.79 Å². The molecule has 0 unspecified atom stereocenters. The van der Waals surface area contributed by atoms with Crippen molar-refractivity contribution in [2.45, 2.75) is 6.92 Å². The number of esters is 1. The van der Waals surface area contributed by atoms with Gasteiger partial charge in [0.05, 0.1) is 6.61 Å². The van der Waals surface area contributed by atoms with E-state index in [4.69, 9.17) is 10.5 Å². The number of amides is 1. The Morgan fingerprint density at radius 2 is 1.89 bits per heavy atom. The second kappa shape index (κ2) is 7.06. The average Bonchev–Trinajstić information content (AvgIpc) is 2.35. The first-order chi connectivity index (χ1) is 8.63. The molecule has 0 aliphatic heterocycles. The van der Waals surface area contributed by atoms with E-state index in [-0.39, 0.29) is 5.97 Å². The van der Waals surface area contributed by atoms with E-state index in [9.17, 15) is 9.59 Å². The van der Waals surface area contributed by atoms with Crippen molar-refractivity contribution in [3.63, 3.8) is 0 Å². The van der Waals surface area contributed by atoms with Gasteiger partial charge in [0.25, 0.3) is 0 Å². The molecular formula is C14H15NO3. The monoisotopic (exact) mass is 245 g/mol. The molecule has 0 aromatic heterocycles. The number of carbonyl (C=O) groups is 2. The molecule has 4 nitrogen and oxygen atoms in total. The van der Waals surface area contributed by atoms with Gasteiger partial charge in [-0.25, -0.2) is 4.79 Å². The van der Waals surface area contributed by atoms with Crippen LogP contribution in [0.1, 0.15) is 22.8 Å². The largest absolute Gasteiger partial charge is 0.463 e. The van der Waals surface area contributed by atoms with E-state index < -0.39 is 5.91 Å². The summed E-state index contributed by atoms with van der Waals surface area (Å²) < 4.78 is 4.73. The van der Waals surface area contributed by atoms with E-state index in [1.807, 2.05) is 0 Å². The molecule has 2 N–H and O–H groups in total. The zero-order valence-corrected chi connectivity index (χ0v) is 10.1. The van der Waals surface area contributed by atoms with Gasteiger partial charge >= 0.3 is 5.97 Å². The van der Waals surface area contributed by atoms with Crippen LogP contribution in [0.4, 0.5) is 0 Å². The Morgan fingerprint density at radius 3 is 2.44 bits per heavy atom. The Hall–Kier alpha value is -2.36. The first-order valence-electron chi connectivity index (χ1n) is 5.55. The van der Waals surface area contributed by atoms with Crippen molar-refractivity contribution in [2.75, 3.05) is 6.61 Å². The van der Waals surface area contributed by atoms with Crippen molar-refractivity contribution < 1.29 is 14.3 Å². The van der Waals surface area contributed by atoms with Crippen LogP contribution in [0.5, 0.6) is 0 Å². The predicted molar refractivity (Wildman–Crippen MR) is 69.8 cm³/mol. The molecule has 0 atom stereocenters. The fraction of sp³-hybridized carbons (Fsp3) is 0.143. The van der Waals surface area contributed by atoms with Gasteiger partial charge in [0.2, 0.25) is 5.91 Å². The highest BCUT2D eigenvalue weighted by Crippen LogP contribution is 2.05. The summed E-state index contributed by atoms with van der Waals surface area (Å²) >= 11 is 0. The fourth-order valence-corrected chi connectivity index (χ4v) is 1.25. The second-order valence-electron chi connectivity index (χ2n) is 3.46. The Labute approximate surface area is 106 Å². The summed E-state index contributed by atoms with van der Waals surface area (Å²) in [6.45, 7) is 2.11. The van der Waals surface area contributed by atoms with Gasteiger partial charge in [0, 0.05) is 11.6 Å². The minimum atomic E-state index is -0.451. The summed E-state index contributed by atoms with van der Waals surface area (Å²) in [6, 6.07) is 6.84. The van der Waals surface area contributed by atoms with Gasteiger partial charge in [0.15, 0.2) is 0 Å². The molecular weight excluding hydrogens is 230 g/mol. The molecule has 4 heteroatoms. The molecule has 0 spiro atoms. The average molecular weight is 245 g/mol. The van der Waals surface area contributed by atoms with E-state index in [1.165, 1.54) is 6.08 Å². The van der Waals surface area contributed by atoms with Crippen LogP contribution in [0.15, 0.2) is 42.5 Å². The molecule has 18 heavy (non-hydrogen) atoms. The molecule has 1 rings (SSSR count). The summed E-state index contributed by atoms with van der Waals surface area (Å²) in [4.78, 5) is 21.8. The number of ether oxygens (including phenoxy) is 1. The highest BCUT2D eigenvalue weighted by Gasteiger charge is 1.97. The third-order valence-corrected chi connectivity index (χ3v) is 2.11. The summed E-state index contributed by atoms with van der Waals surface area (Å²) in [7, 11) is 0. The molecule has 0 aliphatic carbocycles. The Balaban J connectivity index is 2.57. The van der Waals surface area contributed by atoms with Crippen LogP contribution >= 0.6 is 0 Å². The lowest BCUT2D eigenvalue weighted by molar-refractivity contribution is -0.137. The number of hydrogen-bond donors (Lipinski definition) is 1. The summed E-state index contributed by atoms with van der Waals surface area (Å²) in [5, 5.41) is 0. The molecule has 0 saturated heterocycles. The van der Waals surface area contributed by atoms with E-state index in [0.29, 0.717) is 12.2 Å². The molecule has 0 fully saturated rings. The third kappa shape index (κ3) is 4.65. The first-order valence-corrected chi connectivity index (χ1v) is 5.55.